The van der Waals surface area contributed by atoms with Crippen molar-refractivity contribution >= 4 is 9.84 Å². The van der Waals surface area contributed by atoms with Crippen molar-refractivity contribution in [1.82, 2.24) is 0 Å². The van der Waals surface area contributed by atoms with Crippen LogP contribution in [0.25, 0.3) is 0 Å². The molecule has 1 aromatic carbocycles. The molecule has 1 aromatic rings. The van der Waals surface area contributed by atoms with E-state index < -0.39 is 9.84 Å². The van der Waals surface area contributed by atoms with Crippen LogP contribution in [-0.2, 0) is 15.6 Å². The van der Waals surface area contributed by atoms with Crippen molar-refractivity contribution < 1.29 is 17.9 Å². The molecule has 0 spiro atoms. The third kappa shape index (κ3) is 2.23. The van der Waals surface area contributed by atoms with Crippen molar-refractivity contribution in [3.8, 4) is 11.5 Å². The van der Waals surface area contributed by atoms with Gasteiger partial charge in [0.1, 0.15) is 0 Å². The summed E-state index contributed by atoms with van der Waals surface area (Å²) in [5, 5.41) is 0. The first-order chi connectivity index (χ1) is 7.11. The van der Waals surface area contributed by atoms with E-state index in [1.807, 2.05) is 0 Å². The van der Waals surface area contributed by atoms with E-state index in [2.05, 4.69) is 0 Å². The van der Waals surface area contributed by atoms with Crippen molar-refractivity contribution in [2.45, 2.75) is 12.7 Å². The lowest BCUT2D eigenvalue weighted by atomic mass is 10.2. The molecule has 2 rings (SSSR count). The molecular weight excluding hydrogens is 216 g/mol. The summed E-state index contributed by atoms with van der Waals surface area (Å²) in [6, 6.07) is 5.21. The zero-order chi connectivity index (χ0) is 10.9. The van der Waals surface area contributed by atoms with E-state index in [0.717, 1.165) is 5.56 Å². The van der Waals surface area contributed by atoms with Gasteiger partial charge in [-0.25, -0.2) is 8.42 Å². The van der Waals surface area contributed by atoms with Gasteiger partial charge in [-0.1, -0.05) is 13.0 Å². The lowest BCUT2D eigenvalue weighted by Crippen LogP contribution is -2.06. The van der Waals surface area contributed by atoms with Gasteiger partial charge in [-0.3, -0.25) is 0 Å². The molecule has 0 atom stereocenters. The monoisotopic (exact) mass is 228 g/mol. The lowest BCUT2D eigenvalue weighted by molar-refractivity contribution is 0.174. The summed E-state index contributed by atoms with van der Waals surface area (Å²) in [5.74, 6) is 1.51. The van der Waals surface area contributed by atoms with Crippen molar-refractivity contribution in [1.29, 1.82) is 0 Å². The van der Waals surface area contributed by atoms with Crippen molar-refractivity contribution in [3.05, 3.63) is 23.8 Å². The molecule has 0 unspecified atom stereocenters. The minimum absolute atomic E-state index is 0.0557. The second-order valence-electron chi connectivity index (χ2n) is 3.36. The molecule has 0 aromatic heterocycles. The van der Waals surface area contributed by atoms with Crippen LogP contribution in [0.2, 0.25) is 0 Å². The largest absolute Gasteiger partial charge is 0.454 e. The van der Waals surface area contributed by atoms with Crippen LogP contribution in [0.4, 0.5) is 0 Å². The van der Waals surface area contributed by atoms with Gasteiger partial charge < -0.3 is 9.47 Å². The molecule has 0 saturated carbocycles. The summed E-state index contributed by atoms with van der Waals surface area (Å²) in [7, 11) is -2.99. The van der Waals surface area contributed by atoms with Gasteiger partial charge in [-0.05, 0) is 17.7 Å². The standard InChI is InChI=1S/C10H12O4S/c1-2-15(11,12)6-8-3-4-9-10(5-8)14-7-13-9/h3-5H,2,6-7H2,1H3. The number of benzene rings is 1. The van der Waals surface area contributed by atoms with Crippen LogP contribution in [-0.4, -0.2) is 21.0 Å². The Morgan fingerprint density at radius 1 is 1.27 bits per heavy atom. The fourth-order valence-electron chi connectivity index (χ4n) is 1.39. The highest BCUT2D eigenvalue weighted by Crippen LogP contribution is 2.32. The third-order valence-electron chi connectivity index (χ3n) is 2.26. The Morgan fingerprint density at radius 3 is 2.73 bits per heavy atom. The van der Waals surface area contributed by atoms with Gasteiger partial charge in [0.25, 0.3) is 0 Å². The number of ether oxygens (including phenoxy) is 2. The van der Waals surface area contributed by atoms with Crippen molar-refractivity contribution in [2.24, 2.45) is 0 Å². The second-order valence-corrected chi connectivity index (χ2v) is 5.72. The molecule has 82 valence electrons. The minimum atomic E-state index is -2.99. The number of hydrogen-bond acceptors (Lipinski definition) is 4. The zero-order valence-electron chi connectivity index (χ0n) is 8.39. The fourth-order valence-corrected chi connectivity index (χ4v) is 2.28. The van der Waals surface area contributed by atoms with Crippen molar-refractivity contribution in [3.63, 3.8) is 0 Å². The first kappa shape index (κ1) is 10.3. The average Bonchev–Trinajstić information content (AvgIpc) is 2.64. The molecule has 0 bridgehead atoms. The molecule has 1 heterocycles. The number of hydrogen-bond donors (Lipinski definition) is 0. The van der Waals surface area contributed by atoms with Gasteiger partial charge in [0.05, 0.1) is 5.75 Å². The van der Waals surface area contributed by atoms with Gasteiger partial charge in [-0.2, -0.15) is 0 Å². The SMILES string of the molecule is CCS(=O)(=O)Cc1ccc2c(c1)OCO2. The number of rotatable bonds is 3. The van der Waals surface area contributed by atoms with E-state index in [0.29, 0.717) is 11.5 Å². The summed E-state index contributed by atoms with van der Waals surface area (Å²) >= 11 is 0. The minimum Gasteiger partial charge on any atom is -0.454 e. The molecule has 5 heteroatoms. The number of fused-ring (bicyclic) bond motifs is 1. The predicted octanol–water partition coefficient (Wildman–Crippen LogP) is 1.35. The molecule has 0 aliphatic carbocycles. The van der Waals surface area contributed by atoms with Crippen molar-refractivity contribution in [2.75, 3.05) is 12.5 Å². The van der Waals surface area contributed by atoms with Crippen LogP contribution >= 0.6 is 0 Å². The average molecular weight is 228 g/mol. The van der Waals surface area contributed by atoms with Crippen LogP contribution in [0, 0.1) is 0 Å². The topological polar surface area (TPSA) is 52.6 Å². The molecule has 0 saturated heterocycles. The highest BCUT2D eigenvalue weighted by Gasteiger charge is 2.15. The molecule has 0 fully saturated rings. The first-order valence-electron chi connectivity index (χ1n) is 4.69. The Kier molecular flexibility index (Phi) is 2.56. The van der Waals surface area contributed by atoms with Gasteiger partial charge in [-0.15, -0.1) is 0 Å². The summed E-state index contributed by atoms with van der Waals surface area (Å²) in [6.07, 6.45) is 0. The van der Waals surface area contributed by atoms with Crippen LogP contribution in [0.1, 0.15) is 12.5 Å². The summed E-state index contributed by atoms with van der Waals surface area (Å²) in [5.41, 5.74) is 0.737. The Hall–Kier alpha value is -1.23. The van der Waals surface area contributed by atoms with E-state index in [-0.39, 0.29) is 18.3 Å². The van der Waals surface area contributed by atoms with Gasteiger partial charge in [0, 0.05) is 5.75 Å². The Balaban J connectivity index is 2.24. The predicted molar refractivity (Wildman–Crippen MR) is 55.7 cm³/mol. The quantitative estimate of drug-likeness (QED) is 0.783. The maximum absolute atomic E-state index is 11.4. The van der Waals surface area contributed by atoms with Crippen LogP contribution in [0.5, 0.6) is 11.5 Å². The van der Waals surface area contributed by atoms with Gasteiger partial charge in [0.15, 0.2) is 21.3 Å². The first-order valence-corrected chi connectivity index (χ1v) is 6.52. The summed E-state index contributed by atoms with van der Waals surface area (Å²) < 4.78 is 33.1. The third-order valence-corrected chi connectivity index (χ3v) is 3.92. The van der Waals surface area contributed by atoms with Crippen LogP contribution in [0.15, 0.2) is 18.2 Å². The molecule has 1 aliphatic heterocycles. The van der Waals surface area contributed by atoms with E-state index >= 15 is 0 Å². The molecule has 0 N–H and O–H groups in total. The lowest BCUT2D eigenvalue weighted by Gasteiger charge is -2.02. The van der Waals surface area contributed by atoms with E-state index in [9.17, 15) is 8.42 Å². The maximum Gasteiger partial charge on any atom is 0.231 e. The maximum atomic E-state index is 11.4. The second kappa shape index (κ2) is 3.73. The highest BCUT2D eigenvalue weighted by atomic mass is 32.2. The molecule has 4 nitrogen and oxygen atoms in total. The summed E-state index contributed by atoms with van der Waals surface area (Å²) in [4.78, 5) is 0. The molecule has 0 amide bonds. The fraction of sp³-hybridized carbons (Fsp3) is 0.400. The number of sulfone groups is 1. The molecular formula is C10H12O4S. The Morgan fingerprint density at radius 2 is 2.00 bits per heavy atom. The highest BCUT2D eigenvalue weighted by molar-refractivity contribution is 7.90. The Labute approximate surface area is 88.7 Å². The molecule has 15 heavy (non-hydrogen) atoms. The van der Waals surface area contributed by atoms with Gasteiger partial charge in [0.2, 0.25) is 6.79 Å². The Bertz CT molecular complexity index is 464. The van der Waals surface area contributed by atoms with E-state index in [4.69, 9.17) is 9.47 Å². The smallest absolute Gasteiger partial charge is 0.231 e. The van der Waals surface area contributed by atoms with Crippen LogP contribution < -0.4 is 9.47 Å². The normalized spacial score (nSPS) is 14.2. The van der Waals surface area contributed by atoms with E-state index in [1.54, 1.807) is 25.1 Å². The summed E-state index contributed by atoms with van der Waals surface area (Å²) in [6.45, 7) is 1.85. The molecule has 1 aliphatic rings. The molecule has 0 radical (unpaired) electrons. The van der Waals surface area contributed by atoms with Crippen LogP contribution in [0.3, 0.4) is 0 Å². The van der Waals surface area contributed by atoms with Gasteiger partial charge >= 0.3 is 0 Å². The van der Waals surface area contributed by atoms with E-state index in [1.165, 1.54) is 0 Å². The zero-order valence-corrected chi connectivity index (χ0v) is 9.21.